The Hall–Kier alpha value is -2.16. The Morgan fingerprint density at radius 2 is 1.88 bits per heavy atom. The summed E-state index contributed by atoms with van der Waals surface area (Å²) in [6, 6.07) is 14.0. The number of allylic oxidation sites excluding steroid dienone is 2. The molecule has 2 atom stereocenters. The molecule has 0 N–H and O–H groups in total. The molecule has 0 aliphatic rings. The smallest absolute Gasteiger partial charge is 0.198 e. The topological polar surface area (TPSA) is 57.9 Å². The van der Waals surface area contributed by atoms with Gasteiger partial charge in [-0.25, -0.2) is 8.42 Å². The van der Waals surface area contributed by atoms with Gasteiger partial charge >= 0.3 is 0 Å². The van der Waals surface area contributed by atoms with Crippen LogP contribution in [0.25, 0.3) is 0 Å². The van der Waals surface area contributed by atoms with Gasteiger partial charge in [-0.2, -0.15) is 5.26 Å². The van der Waals surface area contributed by atoms with Crippen molar-refractivity contribution in [3.8, 4) is 6.07 Å². The van der Waals surface area contributed by atoms with Gasteiger partial charge in [-0.15, -0.1) is 24.5 Å². The van der Waals surface area contributed by atoms with Crippen LogP contribution in [0.5, 0.6) is 0 Å². The minimum atomic E-state index is -3.90. The van der Waals surface area contributed by atoms with Crippen molar-refractivity contribution in [2.75, 3.05) is 0 Å². The first-order valence-corrected chi connectivity index (χ1v) is 9.86. The van der Waals surface area contributed by atoms with Crippen LogP contribution < -0.4 is 0 Å². The lowest BCUT2D eigenvalue weighted by atomic mass is 9.85. The van der Waals surface area contributed by atoms with E-state index >= 15 is 0 Å². The molecule has 0 amide bonds. The van der Waals surface area contributed by atoms with Crippen molar-refractivity contribution in [3.63, 3.8) is 0 Å². The Labute approximate surface area is 147 Å². The third-order valence-electron chi connectivity index (χ3n) is 4.02. The minimum Gasteiger partial charge on any atom is -0.222 e. The highest BCUT2D eigenvalue weighted by molar-refractivity contribution is 7.93. The van der Waals surface area contributed by atoms with Crippen LogP contribution in [0.1, 0.15) is 23.6 Å². The van der Waals surface area contributed by atoms with Crippen LogP contribution >= 0.6 is 11.3 Å². The molecule has 0 saturated carbocycles. The molecule has 0 spiro atoms. The summed E-state index contributed by atoms with van der Waals surface area (Å²) >= 11 is 1.45. The highest BCUT2D eigenvalue weighted by Gasteiger charge is 2.51. The van der Waals surface area contributed by atoms with E-state index in [9.17, 15) is 13.7 Å². The van der Waals surface area contributed by atoms with Crippen molar-refractivity contribution in [1.29, 1.82) is 5.26 Å². The number of hydrogen-bond donors (Lipinski definition) is 0. The number of benzene rings is 1. The van der Waals surface area contributed by atoms with Crippen molar-refractivity contribution < 1.29 is 8.42 Å². The molecule has 1 aromatic heterocycles. The Balaban J connectivity index is 2.72. The quantitative estimate of drug-likeness (QED) is 0.642. The van der Waals surface area contributed by atoms with Crippen LogP contribution in [-0.2, 0) is 9.84 Å². The number of nitrogens with zero attached hydrogens (tertiary/aromatic N) is 1. The maximum Gasteiger partial charge on any atom is 0.198 e. The summed E-state index contributed by atoms with van der Waals surface area (Å²) in [6.45, 7) is 7.43. The number of hydrogen-bond acceptors (Lipinski definition) is 4. The number of thiophene rings is 1. The maximum atomic E-state index is 13.4. The summed E-state index contributed by atoms with van der Waals surface area (Å²) < 4.78 is 25.2. The van der Waals surface area contributed by atoms with Gasteiger partial charge in [0.2, 0.25) is 0 Å². The average Bonchev–Trinajstić information content (AvgIpc) is 3.12. The zero-order valence-corrected chi connectivity index (χ0v) is 14.9. The third kappa shape index (κ3) is 3.08. The normalized spacial score (nSPS) is 15.0. The summed E-state index contributed by atoms with van der Waals surface area (Å²) in [7, 11) is -3.90. The molecule has 124 valence electrons. The van der Waals surface area contributed by atoms with Gasteiger partial charge in [0.05, 0.1) is 11.0 Å². The van der Waals surface area contributed by atoms with E-state index in [2.05, 4.69) is 19.2 Å². The van der Waals surface area contributed by atoms with E-state index in [1.807, 2.05) is 17.5 Å². The molecule has 1 heterocycles. The Kier molecular flexibility index (Phi) is 5.76. The van der Waals surface area contributed by atoms with Gasteiger partial charge in [-0.05, 0) is 36.4 Å². The fourth-order valence-electron chi connectivity index (χ4n) is 2.84. The number of sulfone groups is 1. The van der Waals surface area contributed by atoms with Crippen LogP contribution in [0.3, 0.4) is 0 Å². The molecule has 1 aromatic carbocycles. The summed E-state index contributed by atoms with van der Waals surface area (Å²) in [5.74, 6) is -0.497. The fraction of sp³-hybridized carbons (Fsp3) is 0.211. The van der Waals surface area contributed by atoms with Crippen LogP contribution in [0.15, 0.2) is 78.1 Å². The summed E-state index contributed by atoms with van der Waals surface area (Å²) in [5, 5.41) is 11.9. The molecule has 2 unspecified atom stereocenters. The molecule has 5 heteroatoms. The first-order valence-electron chi connectivity index (χ1n) is 7.49. The molecule has 0 radical (unpaired) electrons. The van der Waals surface area contributed by atoms with E-state index in [0.717, 1.165) is 4.88 Å². The highest BCUT2D eigenvalue weighted by atomic mass is 32.2. The van der Waals surface area contributed by atoms with Crippen molar-refractivity contribution in [2.45, 2.75) is 28.4 Å². The second-order valence-electron chi connectivity index (χ2n) is 5.40. The van der Waals surface area contributed by atoms with Crippen LogP contribution in [-0.4, -0.2) is 13.2 Å². The molecular formula is C19H19NO2S2. The Bertz CT molecular complexity index is 833. The van der Waals surface area contributed by atoms with Crippen molar-refractivity contribution in [3.05, 3.63) is 78.0 Å². The van der Waals surface area contributed by atoms with Crippen LogP contribution in [0, 0.1) is 11.3 Å². The van der Waals surface area contributed by atoms with E-state index in [0.29, 0.717) is 6.42 Å². The van der Waals surface area contributed by atoms with Gasteiger partial charge in [0.25, 0.3) is 0 Å². The monoisotopic (exact) mass is 357 g/mol. The molecule has 0 saturated heterocycles. The van der Waals surface area contributed by atoms with E-state index < -0.39 is 20.5 Å². The van der Waals surface area contributed by atoms with Crippen LogP contribution in [0.2, 0.25) is 0 Å². The molecule has 0 bridgehead atoms. The van der Waals surface area contributed by atoms with Crippen molar-refractivity contribution >= 4 is 21.2 Å². The van der Waals surface area contributed by atoms with Gasteiger partial charge in [0.1, 0.15) is 0 Å². The van der Waals surface area contributed by atoms with Crippen molar-refractivity contribution in [1.82, 2.24) is 0 Å². The molecular weight excluding hydrogens is 338 g/mol. The van der Waals surface area contributed by atoms with Gasteiger partial charge in [-0.3, -0.25) is 0 Å². The summed E-state index contributed by atoms with van der Waals surface area (Å²) in [6.07, 6.45) is 3.62. The molecule has 3 nitrogen and oxygen atoms in total. The first-order chi connectivity index (χ1) is 11.5. The zero-order valence-electron chi connectivity index (χ0n) is 13.3. The van der Waals surface area contributed by atoms with E-state index in [-0.39, 0.29) is 11.3 Å². The predicted molar refractivity (Wildman–Crippen MR) is 98.7 cm³/mol. The number of nitriles is 1. The second-order valence-corrected chi connectivity index (χ2v) is 8.59. The first kappa shape index (κ1) is 18.2. The van der Waals surface area contributed by atoms with Gasteiger partial charge in [0, 0.05) is 10.8 Å². The third-order valence-corrected chi connectivity index (χ3v) is 7.40. The molecule has 0 aliphatic heterocycles. The van der Waals surface area contributed by atoms with Crippen molar-refractivity contribution in [2.24, 2.45) is 0 Å². The molecule has 2 rings (SSSR count). The number of rotatable bonds is 8. The average molecular weight is 358 g/mol. The minimum absolute atomic E-state index is 0.0527. The summed E-state index contributed by atoms with van der Waals surface area (Å²) in [4.78, 5) is 1.01. The predicted octanol–water partition coefficient (Wildman–Crippen LogP) is 4.72. The lowest BCUT2D eigenvalue weighted by Gasteiger charge is -2.33. The van der Waals surface area contributed by atoms with Crippen LogP contribution in [0.4, 0.5) is 0 Å². The second kappa shape index (κ2) is 7.61. The largest absolute Gasteiger partial charge is 0.222 e. The lowest BCUT2D eigenvalue weighted by molar-refractivity contribution is 0.505. The van der Waals surface area contributed by atoms with Gasteiger partial charge in [-0.1, -0.05) is 36.4 Å². The molecule has 0 aliphatic carbocycles. The molecule has 0 fully saturated rings. The van der Waals surface area contributed by atoms with Gasteiger partial charge in [0.15, 0.2) is 14.6 Å². The fourth-order valence-corrected chi connectivity index (χ4v) is 5.84. The standard InChI is InChI=1S/C19H19NO2S2/c1-3-9-17(18-12-8-14-23-18)19(15-20,13-4-2)24(21,22)16-10-6-5-7-11-16/h3-8,10-12,14,17H,1-2,9,13H2. The van der Waals surface area contributed by atoms with E-state index in [1.165, 1.54) is 29.5 Å². The maximum absolute atomic E-state index is 13.4. The van der Waals surface area contributed by atoms with Gasteiger partial charge < -0.3 is 0 Å². The molecule has 24 heavy (non-hydrogen) atoms. The molecule has 2 aromatic rings. The highest BCUT2D eigenvalue weighted by Crippen LogP contribution is 2.44. The Morgan fingerprint density at radius 1 is 1.17 bits per heavy atom. The zero-order chi connectivity index (χ0) is 17.6. The Morgan fingerprint density at radius 3 is 2.38 bits per heavy atom. The summed E-state index contributed by atoms with van der Waals surface area (Å²) in [5.41, 5.74) is 0. The lowest BCUT2D eigenvalue weighted by Crippen LogP contribution is -2.42. The SMILES string of the molecule is C=CCC(c1cccs1)C(C#N)(CC=C)S(=O)(=O)c1ccccc1. The van der Waals surface area contributed by atoms with E-state index in [4.69, 9.17) is 0 Å². The van der Waals surface area contributed by atoms with E-state index in [1.54, 1.807) is 24.3 Å².